The van der Waals surface area contributed by atoms with Gasteiger partial charge in [0, 0.05) is 38.3 Å². The number of amides is 1. The van der Waals surface area contributed by atoms with Crippen molar-refractivity contribution in [2.75, 3.05) is 26.9 Å². The lowest BCUT2D eigenvalue weighted by Gasteiger charge is -2.37. The number of benzene rings is 1. The van der Waals surface area contributed by atoms with Crippen LogP contribution >= 0.6 is 0 Å². The third-order valence-electron chi connectivity index (χ3n) is 4.41. The lowest BCUT2D eigenvalue weighted by Crippen LogP contribution is -2.49. The van der Waals surface area contributed by atoms with Crippen LogP contribution in [0.5, 0.6) is 5.75 Å². The van der Waals surface area contributed by atoms with Crippen molar-refractivity contribution in [3.05, 3.63) is 29.8 Å². The number of carboxylic acids is 1. The summed E-state index contributed by atoms with van der Waals surface area (Å²) in [5, 5.41) is 9.30. The SMILES string of the molecule is COCCCOc1cccc(C(=O)N2CCC[C@H](C(=O)O)[C@@H]2C)c1. The minimum atomic E-state index is -0.838. The molecule has 0 bridgehead atoms. The first-order chi connectivity index (χ1) is 11.5. The van der Waals surface area contributed by atoms with Crippen LogP contribution in [-0.4, -0.2) is 54.8 Å². The first kappa shape index (κ1) is 18.3. The van der Waals surface area contributed by atoms with Gasteiger partial charge in [-0.15, -0.1) is 0 Å². The van der Waals surface area contributed by atoms with Gasteiger partial charge in [0.2, 0.25) is 0 Å². The predicted octanol–water partition coefficient (Wildman–Crippen LogP) is 2.43. The van der Waals surface area contributed by atoms with Gasteiger partial charge in [-0.3, -0.25) is 9.59 Å². The van der Waals surface area contributed by atoms with E-state index in [0.717, 1.165) is 6.42 Å². The molecule has 0 radical (unpaired) electrons. The second kappa shape index (κ2) is 8.68. The van der Waals surface area contributed by atoms with Gasteiger partial charge >= 0.3 is 5.97 Å². The van der Waals surface area contributed by atoms with Gasteiger partial charge in [-0.05, 0) is 38.0 Å². The van der Waals surface area contributed by atoms with Crippen LogP contribution in [0.25, 0.3) is 0 Å². The van der Waals surface area contributed by atoms with Gasteiger partial charge in [-0.1, -0.05) is 6.07 Å². The number of carboxylic acid groups (broad SMARTS) is 1. The normalized spacial score (nSPS) is 20.7. The lowest BCUT2D eigenvalue weighted by atomic mass is 9.90. The van der Waals surface area contributed by atoms with Gasteiger partial charge in [0.05, 0.1) is 12.5 Å². The largest absolute Gasteiger partial charge is 0.493 e. The number of ether oxygens (including phenoxy) is 2. The van der Waals surface area contributed by atoms with Crippen molar-refractivity contribution in [2.24, 2.45) is 5.92 Å². The first-order valence-electron chi connectivity index (χ1n) is 8.30. The number of hydrogen-bond acceptors (Lipinski definition) is 4. The zero-order valence-electron chi connectivity index (χ0n) is 14.2. The number of hydrogen-bond donors (Lipinski definition) is 1. The van der Waals surface area contributed by atoms with Crippen LogP contribution in [0.4, 0.5) is 0 Å². The highest BCUT2D eigenvalue weighted by molar-refractivity contribution is 5.95. The number of likely N-dealkylation sites (tertiary alicyclic amines) is 1. The minimum Gasteiger partial charge on any atom is -0.493 e. The van der Waals surface area contributed by atoms with Crippen LogP contribution in [0.1, 0.15) is 36.5 Å². The maximum absolute atomic E-state index is 12.8. The Kier molecular flexibility index (Phi) is 6.61. The van der Waals surface area contributed by atoms with Crippen LogP contribution in [0.3, 0.4) is 0 Å². The van der Waals surface area contributed by atoms with Crippen molar-refractivity contribution < 1.29 is 24.2 Å². The zero-order chi connectivity index (χ0) is 17.5. The van der Waals surface area contributed by atoms with Gasteiger partial charge in [0.25, 0.3) is 5.91 Å². The van der Waals surface area contributed by atoms with E-state index in [0.29, 0.717) is 43.9 Å². The van der Waals surface area contributed by atoms with Crippen molar-refractivity contribution in [1.82, 2.24) is 4.90 Å². The molecule has 1 N–H and O–H groups in total. The smallest absolute Gasteiger partial charge is 0.308 e. The Morgan fingerprint density at radius 1 is 1.33 bits per heavy atom. The Bertz CT molecular complexity index is 574. The molecule has 2 rings (SSSR count). The Labute approximate surface area is 142 Å². The molecule has 1 aromatic carbocycles. The molecule has 0 aromatic heterocycles. The number of piperidine rings is 1. The molecule has 1 amide bonds. The molecule has 1 aliphatic heterocycles. The van der Waals surface area contributed by atoms with Crippen LogP contribution < -0.4 is 4.74 Å². The van der Waals surface area contributed by atoms with Crippen molar-refractivity contribution in [2.45, 2.75) is 32.2 Å². The summed E-state index contributed by atoms with van der Waals surface area (Å²) in [6.07, 6.45) is 2.10. The van der Waals surface area contributed by atoms with Gasteiger partial charge < -0.3 is 19.5 Å². The van der Waals surface area contributed by atoms with Crippen LogP contribution in [0.15, 0.2) is 24.3 Å². The molecule has 1 heterocycles. The van der Waals surface area contributed by atoms with E-state index in [9.17, 15) is 14.7 Å². The molecular formula is C18H25NO5. The molecule has 1 aliphatic rings. The molecular weight excluding hydrogens is 310 g/mol. The molecule has 6 nitrogen and oxygen atoms in total. The molecule has 24 heavy (non-hydrogen) atoms. The maximum Gasteiger partial charge on any atom is 0.308 e. The van der Waals surface area contributed by atoms with Gasteiger partial charge in [-0.25, -0.2) is 0 Å². The minimum absolute atomic E-state index is 0.143. The second-order valence-corrected chi connectivity index (χ2v) is 6.05. The van der Waals surface area contributed by atoms with Gasteiger partial charge in [0.1, 0.15) is 5.75 Å². The van der Waals surface area contributed by atoms with Crippen LogP contribution in [0.2, 0.25) is 0 Å². The maximum atomic E-state index is 12.8. The zero-order valence-corrected chi connectivity index (χ0v) is 14.2. The number of carbonyl (C=O) groups excluding carboxylic acids is 1. The molecule has 0 aliphatic carbocycles. The molecule has 0 spiro atoms. The monoisotopic (exact) mass is 335 g/mol. The fraction of sp³-hybridized carbons (Fsp3) is 0.556. The first-order valence-corrected chi connectivity index (χ1v) is 8.30. The molecule has 1 saturated heterocycles. The molecule has 0 unspecified atom stereocenters. The number of nitrogens with zero attached hydrogens (tertiary/aromatic N) is 1. The fourth-order valence-electron chi connectivity index (χ4n) is 3.04. The van der Waals surface area contributed by atoms with Crippen molar-refractivity contribution in [1.29, 1.82) is 0 Å². The van der Waals surface area contributed by atoms with E-state index < -0.39 is 11.9 Å². The fourth-order valence-corrected chi connectivity index (χ4v) is 3.04. The molecule has 6 heteroatoms. The van der Waals surface area contributed by atoms with Gasteiger partial charge in [-0.2, -0.15) is 0 Å². The van der Waals surface area contributed by atoms with E-state index in [1.54, 1.807) is 37.1 Å². The Balaban J connectivity index is 2.04. The summed E-state index contributed by atoms with van der Waals surface area (Å²) in [6, 6.07) is 6.73. The molecule has 132 valence electrons. The van der Waals surface area contributed by atoms with Crippen LogP contribution in [0, 0.1) is 5.92 Å². The molecule has 0 saturated carbocycles. The second-order valence-electron chi connectivity index (χ2n) is 6.05. The molecule has 2 atom stereocenters. The number of carbonyl (C=O) groups is 2. The number of rotatable bonds is 7. The van der Waals surface area contributed by atoms with Crippen LogP contribution in [-0.2, 0) is 9.53 Å². The van der Waals surface area contributed by atoms with E-state index in [-0.39, 0.29) is 11.9 Å². The summed E-state index contributed by atoms with van der Waals surface area (Å²) < 4.78 is 10.6. The van der Waals surface area contributed by atoms with E-state index in [4.69, 9.17) is 9.47 Å². The quantitative estimate of drug-likeness (QED) is 0.775. The lowest BCUT2D eigenvalue weighted by molar-refractivity contribution is -0.144. The highest BCUT2D eigenvalue weighted by Gasteiger charge is 2.35. The Morgan fingerprint density at radius 3 is 2.83 bits per heavy atom. The summed E-state index contributed by atoms with van der Waals surface area (Å²) in [4.78, 5) is 25.8. The average molecular weight is 335 g/mol. The number of aliphatic carboxylic acids is 1. The summed E-state index contributed by atoms with van der Waals surface area (Å²) in [6.45, 7) is 3.54. The van der Waals surface area contributed by atoms with E-state index in [1.165, 1.54) is 0 Å². The van der Waals surface area contributed by atoms with Crippen molar-refractivity contribution >= 4 is 11.9 Å². The van der Waals surface area contributed by atoms with E-state index in [2.05, 4.69) is 0 Å². The summed E-state index contributed by atoms with van der Waals surface area (Å²) in [5.41, 5.74) is 0.525. The summed E-state index contributed by atoms with van der Waals surface area (Å²) in [7, 11) is 1.64. The highest BCUT2D eigenvalue weighted by atomic mass is 16.5. The molecule has 1 fully saturated rings. The average Bonchev–Trinajstić information content (AvgIpc) is 2.58. The summed E-state index contributed by atoms with van der Waals surface area (Å²) in [5.74, 6) is -0.849. The topological polar surface area (TPSA) is 76.1 Å². The summed E-state index contributed by atoms with van der Waals surface area (Å²) >= 11 is 0. The Morgan fingerprint density at radius 2 is 2.12 bits per heavy atom. The predicted molar refractivity (Wildman–Crippen MR) is 89.3 cm³/mol. The molecule has 1 aromatic rings. The van der Waals surface area contributed by atoms with Crippen molar-refractivity contribution in [3.8, 4) is 5.75 Å². The third-order valence-corrected chi connectivity index (χ3v) is 4.41. The van der Waals surface area contributed by atoms with Gasteiger partial charge in [0.15, 0.2) is 0 Å². The van der Waals surface area contributed by atoms with E-state index in [1.807, 2.05) is 6.07 Å². The number of methoxy groups -OCH3 is 1. The van der Waals surface area contributed by atoms with Crippen molar-refractivity contribution in [3.63, 3.8) is 0 Å². The highest BCUT2D eigenvalue weighted by Crippen LogP contribution is 2.26. The standard InChI is InChI=1S/C18H25NO5/c1-13-16(18(21)22)8-4-9-19(13)17(20)14-6-3-7-15(12-14)24-11-5-10-23-2/h3,6-7,12-13,16H,4-5,8-11H2,1-2H3,(H,21,22)/t13-,16-/m0/s1. The van der Waals surface area contributed by atoms with E-state index >= 15 is 0 Å². The Hall–Kier alpha value is -2.08. The third kappa shape index (κ3) is 4.47.